The van der Waals surface area contributed by atoms with Crippen LogP contribution >= 0.6 is 11.3 Å². The predicted octanol–water partition coefficient (Wildman–Crippen LogP) is 2.40. The predicted molar refractivity (Wildman–Crippen MR) is 79.6 cm³/mol. The lowest BCUT2D eigenvalue weighted by atomic mass is 10.0. The van der Waals surface area contributed by atoms with Crippen molar-refractivity contribution in [2.45, 2.75) is 32.1 Å². The van der Waals surface area contributed by atoms with Gasteiger partial charge >= 0.3 is 0 Å². The lowest BCUT2D eigenvalue weighted by Gasteiger charge is -2.14. The third-order valence-corrected chi connectivity index (χ3v) is 5.18. The van der Waals surface area contributed by atoms with Crippen LogP contribution in [0.2, 0.25) is 0 Å². The first-order valence-electron chi connectivity index (χ1n) is 7.21. The lowest BCUT2D eigenvalue weighted by Crippen LogP contribution is -2.31. The molecule has 2 N–H and O–H groups in total. The molecule has 2 fully saturated rings. The fourth-order valence-electron chi connectivity index (χ4n) is 2.72. The molecule has 0 bridgehead atoms. The normalized spacial score (nSPS) is 19.1. The van der Waals surface area contributed by atoms with E-state index in [0.29, 0.717) is 16.7 Å². The molecule has 3 rings (SSSR count). The Morgan fingerprint density at radius 3 is 2.95 bits per heavy atom. The maximum Gasteiger partial charge on any atom is 0.262 e. The van der Waals surface area contributed by atoms with Crippen molar-refractivity contribution >= 4 is 17.2 Å². The van der Waals surface area contributed by atoms with Gasteiger partial charge < -0.3 is 10.4 Å². The van der Waals surface area contributed by atoms with E-state index in [4.69, 9.17) is 5.11 Å². The molecule has 106 valence electrons. The third kappa shape index (κ3) is 2.89. The average molecular weight is 289 g/mol. The zero-order chi connectivity index (χ0) is 14.0. The number of thiophene rings is 1. The molecule has 0 aliphatic heterocycles. The van der Waals surface area contributed by atoms with Crippen molar-refractivity contribution in [1.29, 1.82) is 0 Å². The fourth-order valence-corrected chi connectivity index (χ4v) is 3.48. The molecular formula is C16H19NO2S. The first-order valence-corrected chi connectivity index (χ1v) is 8.08. The number of aliphatic hydroxyl groups excluding tert-OH is 1. The molecule has 2 aliphatic carbocycles. The highest BCUT2D eigenvalue weighted by Crippen LogP contribution is 2.60. The highest BCUT2D eigenvalue weighted by atomic mass is 32.1. The van der Waals surface area contributed by atoms with E-state index in [-0.39, 0.29) is 12.5 Å². The van der Waals surface area contributed by atoms with Crippen LogP contribution in [-0.4, -0.2) is 24.2 Å². The van der Waals surface area contributed by atoms with Crippen LogP contribution in [0.15, 0.2) is 11.4 Å². The molecule has 0 saturated heterocycles. The molecule has 0 aromatic carbocycles. The third-order valence-electron chi connectivity index (χ3n) is 4.27. The highest BCUT2D eigenvalue weighted by Gasteiger charge is 2.53. The Morgan fingerprint density at radius 2 is 2.30 bits per heavy atom. The van der Waals surface area contributed by atoms with Crippen LogP contribution in [0.5, 0.6) is 0 Å². The molecule has 20 heavy (non-hydrogen) atoms. The van der Waals surface area contributed by atoms with Gasteiger partial charge in [0.15, 0.2) is 0 Å². The van der Waals surface area contributed by atoms with E-state index in [0.717, 1.165) is 18.0 Å². The summed E-state index contributed by atoms with van der Waals surface area (Å²) < 4.78 is 0. The van der Waals surface area contributed by atoms with E-state index < -0.39 is 0 Å². The van der Waals surface area contributed by atoms with Crippen molar-refractivity contribution in [3.05, 3.63) is 21.9 Å². The molecule has 2 saturated carbocycles. The first-order chi connectivity index (χ1) is 9.75. The van der Waals surface area contributed by atoms with Crippen molar-refractivity contribution in [3.8, 4) is 11.8 Å². The second-order valence-corrected chi connectivity index (χ2v) is 6.67. The highest BCUT2D eigenvalue weighted by molar-refractivity contribution is 7.12. The van der Waals surface area contributed by atoms with Gasteiger partial charge in [0.25, 0.3) is 5.91 Å². The molecule has 1 aromatic heterocycles. The molecule has 0 spiro atoms. The molecule has 1 aromatic rings. The van der Waals surface area contributed by atoms with Gasteiger partial charge in [-0.2, -0.15) is 0 Å². The number of amides is 1. The van der Waals surface area contributed by atoms with Gasteiger partial charge in [0.2, 0.25) is 0 Å². The molecule has 1 heterocycles. The Bertz CT molecular complexity index is 559. The minimum atomic E-state index is 0.000207. The molecule has 0 atom stereocenters. The Morgan fingerprint density at radius 1 is 1.50 bits per heavy atom. The van der Waals surface area contributed by atoms with Crippen molar-refractivity contribution < 1.29 is 9.90 Å². The van der Waals surface area contributed by atoms with Crippen molar-refractivity contribution in [2.24, 2.45) is 11.3 Å². The maximum atomic E-state index is 12.3. The summed E-state index contributed by atoms with van der Waals surface area (Å²) in [6, 6.07) is 1.87. The number of carbonyl (C=O) groups excluding carboxylic acids is 1. The zero-order valence-corrected chi connectivity index (χ0v) is 12.3. The summed E-state index contributed by atoms with van der Waals surface area (Å²) in [4.78, 5) is 13.0. The van der Waals surface area contributed by atoms with Gasteiger partial charge in [-0.25, -0.2) is 0 Å². The summed E-state index contributed by atoms with van der Waals surface area (Å²) in [6.45, 7) is 0.875. The minimum Gasteiger partial charge on any atom is -0.395 e. The molecule has 0 radical (unpaired) electrons. The van der Waals surface area contributed by atoms with Crippen LogP contribution in [0, 0.1) is 23.2 Å². The number of carbonyl (C=O) groups is 1. The maximum absolute atomic E-state index is 12.3. The zero-order valence-electron chi connectivity index (χ0n) is 11.4. The van der Waals surface area contributed by atoms with Gasteiger partial charge in [-0.05, 0) is 48.5 Å². The summed E-state index contributed by atoms with van der Waals surface area (Å²) in [5.41, 5.74) is 1.20. The van der Waals surface area contributed by atoms with Gasteiger partial charge in [-0.1, -0.05) is 11.8 Å². The number of hydrogen-bond acceptors (Lipinski definition) is 3. The Kier molecular flexibility index (Phi) is 3.82. The smallest absolute Gasteiger partial charge is 0.262 e. The van der Waals surface area contributed by atoms with Crippen LogP contribution < -0.4 is 5.32 Å². The van der Waals surface area contributed by atoms with Crippen LogP contribution in [0.3, 0.4) is 0 Å². The fraction of sp³-hybridized carbons (Fsp3) is 0.562. The number of rotatable bonds is 5. The van der Waals surface area contributed by atoms with Gasteiger partial charge in [-0.15, -0.1) is 11.3 Å². The van der Waals surface area contributed by atoms with E-state index in [1.807, 2.05) is 11.4 Å². The second-order valence-electron chi connectivity index (χ2n) is 5.76. The second kappa shape index (κ2) is 5.59. The van der Waals surface area contributed by atoms with E-state index >= 15 is 0 Å². The van der Waals surface area contributed by atoms with E-state index in [2.05, 4.69) is 17.2 Å². The van der Waals surface area contributed by atoms with Gasteiger partial charge in [0.05, 0.1) is 6.61 Å². The SMILES string of the molecule is O=C(NCC1(C2CC2)CC1)c1sccc1C#CCCO. The first kappa shape index (κ1) is 13.7. The average Bonchev–Trinajstić information content (AvgIpc) is 3.35. The van der Waals surface area contributed by atoms with Crippen molar-refractivity contribution in [1.82, 2.24) is 5.32 Å². The Balaban J connectivity index is 1.60. The summed E-state index contributed by atoms with van der Waals surface area (Å²) in [5.74, 6) is 6.69. The molecule has 4 heteroatoms. The minimum absolute atomic E-state index is 0.000207. The van der Waals surface area contributed by atoms with Crippen molar-refractivity contribution in [2.75, 3.05) is 13.2 Å². The molecular weight excluding hydrogens is 270 g/mol. The number of hydrogen-bond donors (Lipinski definition) is 2. The van der Waals surface area contributed by atoms with Crippen LogP contribution in [0.4, 0.5) is 0 Å². The van der Waals surface area contributed by atoms with Crippen LogP contribution in [-0.2, 0) is 0 Å². The Labute approximate surface area is 123 Å². The summed E-state index contributed by atoms with van der Waals surface area (Å²) in [7, 11) is 0. The summed E-state index contributed by atoms with van der Waals surface area (Å²) >= 11 is 1.43. The van der Waals surface area contributed by atoms with Crippen LogP contribution in [0.1, 0.15) is 47.3 Å². The van der Waals surface area contributed by atoms with E-state index in [1.54, 1.807) is 0 Å². The lowest BCUT2D eigenvalue weighted by molar-refractivity contribution is 0.0946. The number of nitrogens with one attached hydrogen (secondary N) is 1. The summed E-state index contributed by atoms with van der Waals surface area (Å²) in [6.07, 6.45) is 5.66. The van der Waals surface area contributed by atoms with E-state index in [9.17, 15) is 4.79 Å². The van der Waals surface area contributed by atoms with Gasteiger partial charge in [0, 0.05) is 18.5 Å². The Hall–Kier alpha value is -1.31. The monoisotopic (exact) mass is 289 g/mol. The molecule has 1 amide bonds. The molecule has 3 nitrogen and oxygen atoms in total. The largest absolute Gasteiger partial charge is 0.395 e. The topological polar surface area (TPSA) is 49.3 Å². The van der Waals surface area contributed by atoms with Crippen LogP contribution in [0.25, 0.3) is 0 Å². The van der Waals surface area contributed by atoms with Crippen molar-refractivity contribution in [3.63, 3.8) is 0 Å². The van der Waals surface area contributed by atoms with E-state index in [1.165, 1.54) is 37.0 Å². The molecule has 0 unspecified atom stereocenters. The quantitative estimate of drug-likeness (QED) is 0.818. The van der Waals surface area contributed by atoms with Gasteiger partial charge in [-0.3, -0.25) is 4.79 Å². The van der Waals surface area contributed by atoms with Gasteiger partial charge in [0.1, 0.15) is 4.88 Å². The standard InChI is InChI=1S/C16H19NO2S/c18-9-2-1-3-12-6-10-20-14(12)15(19)17-11-16(7-8-16)13-4-5-13/h6,10,13,18H,2,4-5,7-9,11H2,(H,17,19). The summed E-state index contributed by atoms with van der Waals surface area (Å²) in [5, 5.41) is 13.7. The number of aliphatic hydroxyl groups is 1. The molecule has 2 aliphatic rings.